The highest BCUT2D eigenvalue weighted by molar-refractivity contribution is 5.91. The van der Waals surface area contributed by atoms with Gasteiger partial charge in [-0.05, 0) is 19.1 Å². The van der Waals surface area contributed by atoms with E-state index in [9.17, 15) is 9.59 Å². The van der Waals surface area contributed by atoms with Gasteiger partial charge in [0.05, 0.1) is 10.8 Å². The number of nitrogens with two attached hydrogens (primary N) is 1. The molecule has 0 aliphatic rings. The predicted molar refractivity (Wildman–Crippen MR) is 64.2 cm³/mol. The summed E-state index contributed by atoms with van der Waals surface area (Å²) in [6.45, 7) is 1.76. The van der Waals surface area contributed by atoms with Crippen LogP contribution in [-0.4, -0.2) is 9.78 Å². The zero-order valence-corrected chi connectivity index (χ0v) is 8.73. The molecule has 0 aliphatic carbocycles. The highest BCUT2D eigenvalue weighted by Gasteiger charge is 2.07. The molecule has 0 aliphatic heterocycles. The largest absolute Gasteiger partial charge is 0.398 e. The summed E-state index contributed by atoms with van der Waals surface area (Å²) >= 11 is 0. The number of hydrogen-bond acceptors (Lipinski definition) is 3. The smallest absolute Gasteiger partial charge is 0.277 e. The number of rotatable bonds is 1. The van der Waals surface area contributed by atoms with Gasteiger partial charge in [0.25, 0.3) is 11.1 Å². The first-order valence-electron chi connectivity index (χ1n) is 4.81. The van der Waals surface area contributed by atoms with Gasteiger partial charge in [-0.25, -0.2) is 4.68 Å². The van der Waals surface area contributed by atoms with Crippen molar-refractivity contribution in [3.05, 3.63) is 45.0 Å². The third-order valence-corrected chi connectivity index (χ3v) is 2.29. The molecule has 0 unspecified atom stereocenters. The van der Waals surface area contributed by atoms with E-state index in [1.54, 1.807) is 31.2 Å². The van der Waals surface area contributed by atoms with Crippen molar-refractivity contribution >= 4 is 22.7 Å². The number of H-pyrrole nitrogens is 1. The molecule has 0 amide bonds. The summed E-state index contributed by atoms with van der Waals surface area (Å²) < 4.78 is 1.14. The number of aromatic nitrogens is 2. The summed E-state index contributed by atoms with van der Waals surface area (Å²) in [6.07, 6.45) is 3.15. The molecule has 16 heavy (non-hydrogen) atoms. The van der Waals surface area contributed by atoms with Crippen LogP contribution in [0.5, 0.6) is 0 Å². The van der Waals surface area contributed by atoms with E-state index in [1.807, 2.05) is 0 Å². The minimum atomic E-state index is -0.370. The lowest BCUT2D eigenvalue weighted by Crippen LogP contribution is -2.27. The van der Waals surface area contributed by atoms with Gasteiger partial charge in [-0.2, -0.15) is 0 Å². The lowest BCUT2D eigenvalue weighted by Gasteiger charge is -2.03. The van der Waals surface area contributed by atoms with E-state index in [4.69, 9.17) is 5.73 Å². The minimum absolute atomic E-state index is 0.244. The van der Waals surface area contributed by atoms with Gasteiger partial charge in [-0.3, -0.25) is 14.7 Å². The van der Waals surface area contributed by atoms with E-state index in [2.05, 4.69) is 5.10 Å². The van der Waals surface area contributed by atoms with E-state index in [0.717, 1.165) is 4.68 Å². The summed E-state index contributed by atoms with van der Waals surface area (Å²) in [6, 6.07) is 4.83. The normalized spacial score (nSPS) is 11.3. The lowest BCUT2D eigenvalue weighted by molar-refractivity contribution is 0.845. The molecule has 5 nitrogen and oxygen atoms in total. The van der Waals surface area contributed by atoms with Crippen molar-refractivity contribution in [3.8, 4) is 0 Å². The average Bonchev–Trinajstić information content (AvgIpc) is 2.25. The predicted octanol–water partition coefficient (Wildman–Crippen LogP) is 0.763. The zero-order chi connectivity index (χ0) is 11.7. The van der Waals surface area contributed by atoms with Crippen LogP contribution >= 0.6 is 0 Å². The number of hydrogen-bond donors (Lipinski definition) is 2. The molecule has 0 fully saturated rings. The molecule has 0 atom stereocenters. The van der Waals surface area contributed by atoms with Gasteiger partial charge in [0.15, 0.2) is 0 Å². The second-order valence-corrected chi connectivity index (χ2v) is 3.37. The third kappa shape index (κ3) is 1.42. The molecular weight excluding hydrogens is 206 g/mol. The molecule has 0 saturated heterocycles. The van der Waals surface area contributed by atoms with Crippen molar-refractivity contribution in [1.29, 1.82) is 0 Å². The Kier molecular flexibility index (Phi) is 2.36. The molecule has 5 heteroatoms. The van der Waals surface area contributed by atoms with Gasteiger partial charge in [0.1, 0.15) is 0 Å². The van der Waals surface area contributed by atoms with E-state index >= 15 is 0 Å². The van der Waals surface area contributed by atoms with E-state index in [0.29, 0.717) is 11.1 Å². The molecule has 1 aromatic heterocycles. The van der Waals surface area contributed by atoms with Crippen LogP contribution in [0.15, 0.2) is 33.9 Å². The molecule has 2 rings (SSSR count). The van der Waals surface area contributed by atoms with Crippen LogP contribution in [0.4, 0.5) is 5.69 Å². The maximum absolute atomic E-state index is 11.9. The van der Waals surface area contributed by atoms with E-state index in [1.165, 1.54) is 6.20 Å². The van der Waals surface area contributed by atoms with Crippen molar-refractivity contribution in [1.82, 2.24) is 9.78 Å². The highest BCUT2D eigenvalue weighted by atomic mass is 16.2. The topological polar surface area (TPSA) is 80.9 Å². The van der Waals surface area contributed by atoms with Crippen molar-refractivity contribution in [2.45, 2.75) is 6.92 Å². The Bertz CT molecular complexity index is 680. The maximum atomic E-state index is 11.9. The first kappa shape index (κ1) is 10.2. The number of benzene rings is 1. The van der Waals surface area contributed by atoms with Gasteiger partial charge in [-0.15, -0.1) is 0 Å². The Balaban J connectivity index is 3.02. The van der Waals surface area contributed by atoms with Gasteiger partial charge < -0.3 is 5.73 Å². The summed E-state index contributed by atoms with van der Waals surface area (Å²) in [4.78, 5) is 23.6. The van der Waals surface area contributed by atoms with Crippen molar-refractivity contribution in [3.63, 3.8) is 0 Å². The molecule has 0 saturated carbocycles. The molecule has 0 spiro atoms. The number of allylic oxidation sites excluding steroid dienone is 1. The van der Waals surface area contributed by atoms with Gasteiger partial charge >= 0.3 is 0 Å². The number of nitrogens with one attached hydrogen (secondary N) is 1. The second kappa shape index (κ2) is 3.69. The fourth-order valence-electron chi connectivity index (χ4n) is 1.60. The summed E-state index contributed by atoms with van der Waals surface area (Å²) in [5.41, 5.74) is 5.31. The molecule has 0 bridgehead atoms. The molecular formula is C11H11N3O2. The molecule has 2 aromatic rings. The first-order valence-corrected chi connectivity index (χ1v) is 4.81. The first-order chi connectivity index (χ1) is 7.65. The Hall–Kier alpha value is -2.30. The van der Waals surface area contributed by atoms with E-state index < -0.39 is 0 Å². The number of fused-ring (bicyclic) bond motifs is 1. The third-order valence-electron chi connectivity index (χ3n) is 2.29. The Morgan fingerprint density at radius 1 is 1.38 bits per heavy atom. The van der Waals surface area contributed by atoms with Crippen molar-refractivity contribution < 1.29 is 0 Å². The quantitative estimate of drug-likeness (QED) is 0.692. The highest BCUT2D eigenvalue weighted by Crippen LogP contribution is 2.12. The zero-order valence-electron chi connectivity index (χ0n) is 8.73. The summed E-state index contributed by atoms with van der Waals surface area (Å²) in [7, 11) is 0. The van der Waals surface area contributed by atoms with Crippen LogP contribution in [0, 0.1) is 0 Å². The van der Waals surface area contributed by atoms with Gasteiger partial charge in [-0.1, -0.05) is 12.1 Å². The van der Waals surface area contributed by atoms with Gasteiger partial charge in [0, 0.05) is 11.9 Å². The average molecular weight is 217 g/mol. The number of nitrogens with zero attached hydrogens (tertiary/aromatic N) is 1. The van der Waals surface area contributed by atoms with E-state index in [-0.39, 0.29) is 16.5 Å². The minimum Gasteiger partial charge on any atom is -0.398 e. The number of aromatic amines is 1. The molecule has 1 heterocycles. The van der Waals surface area contributed by atoms with Crippen LogP contribution in [-0.2, 0) is 0 Å². The lowest BCUT2D eigenvalue weighted by atomic mass is 10.1. The van der Waals surface area contributed by atoms with Crippen molar-refractivity contribution in [2.75, 3.05) is 5.73 Å². The Morgan fingerprint density at radius 3 is 2.81 bits per heavy atom. The van der Waals surface area contributed by atoms with Crippen LogP contribution in [0.2, 0.25) is 0 Å². The van der Waals surface area contributed by atoms with Crippen LogP contribution in [0.1, 0.15) is 6.92 Å². The molecule has 3 N–H and O–H groups in total. The number of anilines is 1. The Labute approximate surface area is 90.8 Å². The standard InChI is InChI=1S/C11H11N3O2/c1-2-6-14-11(16)7-4-3-5-8(12)9(7)10(15)13-14/h2-6H,12H2,1H3,(H,13,15)/b6-2-. The molecule has 0 radical (unpaired) electrons. The van der Waals surface area contributed by atoms with Crippen molar-refractivity contribution in [2.24, 2.45) is 0 Å². The molecule has 82 valence electrons. The fourth-order valence-corrected chi connectivity index (χ4v) is 1.60. The SMILES string of the molecule is C/C=C\n1[nH]c(=O)c2c(N)cccc2c1=O. The monoisotopic (exact) mass is 217 g/mol. The van der Waals surface area contributed by atoms with Crippen LogP contribution < -0.4 is 16.9 Å². The summed E-state index contributed by atoms with van der Waals surface area (Å²) in [5, 5.41) is 3.01. The van der Waals surface area contributed by atoms with Crippen LogP contribution in [0.25, 0.3) is 17.0 Å². The van der Waals surface area contributed by atoms with Gasteiger partial charge in [0.2, 0.25) is 0 Å². The van der Waals surface area contributed by atoms with Crippen LogP contribution in [0.3, 0.4) is 0 Å². The summed E-state index contributed by atoms with van der Waals surface area (Å²) in [5.74, 6) is 0. The Morgan fingerprint density at radius 2 is 2.12 bits per heavy atom. The number of nitrogen functional groups attached to an aromatic ring is 1. The fraction of sp³-hybridized carbons (Fsp3) is 0.0909. The second-order valence-electron chi connectivity index (χ2n) is 3.37. The molecule has 1 aromatic carbocycles. The maximum Gasteiger partial charge on any atom is 0.277 e.